The number of hydrogen-bond acceptors (Lipinski definition) is 3. The minimum Gasteiger partial charge on any atom is -0.310 e. The Morgan fingerprint density at radius 1 is 1.26 bits per heavy atom. The lowest BCUT2D eigenvalue weighted by Gasteiger charge is -2.10. The van der Waals surface area contributed by atoms with Crippen LogP contribution < -0.4 is 5.32 Å². The maximum absolute atomic E-state index is 4.77. The molecule has 2 rings (SSSR count). The molecule has 1 heterocycles. The van der Waals surface area contributed by atoms with E-state index in [0.29, 0.717) is 6.04 Å². The van der Waals surface area contributed by atoms with Crippen molar-refractivity contribution in [3.63, 3.8) is 0 Å². The van der Waals surface area contributed by atoms with Crippen LogP contribution in [0.5, 0.6) is 0 Å². The van der Waals surface area contributed by atoms with Crippen LogP contribution >= 0.6 is 11.3 Å². The quantitative estimate of drug-likeness (QED) is 0.876. The van der Waals surface area contributed by atoms with Gasteiger partial charge in [-0.3, -0.25) is 0 Å². The van der Waals surface area contributed by atoms with Crippen molar-refractivity contribution in [1.82, 2.24) is 10.3 Å². The van der Waals surface area contributed by atoms with E-state index >= 15 is 0 Å². The first kappa shape index (κ1) is 14.2. The van der Waals surface area contributed by atoms with Gasteiger partial charge in [-0.1, -0.05) is 38.1 Å². The van der Waals surface area contributed by atoms with Crippen LogP contribution in [-0.2, 0) is 6.42 Å². The van der Waals surface area contributed by atoms with Gasteiger partial charge in [0.15, 0.2) is 0 Å². The Labute approximate surface area is 119 Å². The molecule has 0 aliphatic carbocycles. The van der Waals surface area contributed by atoms with Crippen LogP contribution in [-0.4, -0.2) is 11.5 Å². The SMILES string of the molecule is CCNC(C)c1sc(-c2ccccc2CC)nc1C. The summed E-state index contributed by atoms with van der Waals surface area (Å²) in [5.74, 6) is 0. The molecule has 0 spiro atoms. The smallest absolute Gasteiger partial charge is 0.124 e. The highest BCUT2D eigenvalue weighted by molar-refractivity contribution is 7.15. The predicted octanol–water partition coefficient (Wildman–Crippen LogP) is 4.35. The van der Waals surface area contributed by atoms with Crippen LogP contribution in [0.2, 0.25) is 0 Å². The lowest BCUT2D eigenvalue weighted by atomic mass is 10.1. The maximum Gasteiger partial charge on any atom is 0.124 e. The van der Waals surface area contributed by atoms with Crippen molar-refractivity contribution < 1.29 is 0 Å². The Balaban J connectivity index is 2.39. The lowest BCUT2D eigenvalue weighted by Crippen LogP contribution is -2.17. The minimum atomic E-state index is 0.380. The van der Waals surface area contributed by atoms with E-state index in [1.165, 1.54) is 16.0 Å². The molecule has 1 atom stereocenters. The molecule has 0 bridgehead atoms. The molecular formula is C16H22N2S. The monoisotopic (exact) mass is 274 g/mol. The molecule has 102 valence electrons. The fourth-order valence-corrected chi connectivity index (χ4v) is 3.51. The largest absolute Gasteiger partial charge is 0.310 e. The maximum atomic E-state index is 4.77. The third-order valence-corrected chi connectivity index (χ3v) is 4.74. The van der Waals surface area contributed by atoms with Crippen molar-refractivity contribution in [2.24, 2.45) is 0 Å². The van der Waals surface area contributed by atoms with Crippen LogP contribution in [0.15, 0.2) is 24.3 Å². The summed E-state index contributed by atoms with van der Waals surface area (Å²) in [7, 11) is 0. The van der Waals surface area contributed by atoms with Crippen LogP contribution in [0.1, 0.15) is 42.9 Å². The summed E-state index contributed by atoms with van der Waals surface area (Å²) in [6, 6.07) is 8.95. The first-order valence-electron chi connectivity index (χ1n) is 6.96. The minimum absolute atomic E-state index is 0.380. The molecule has 0 saturated carbocycles. The van der Waals surface area contributed by atoms with Crippen LogP contribution in [0, 0.1) is 6.92 Å². The lowest BCUT2D eigenvalue weighted by molar-refractivity contribution is 0.603. The van der Waals surface area contributed by atoms with Crippen molar-refractivity contribution in [2.75, 3.05) is 6.54 Å². The molecule has 2 aromatic rings. The number of nitrogens with zero attached hydrogens (tertiary/aromatic N) is 1. The number of thiazole rings is 1. The van der Waals surface area contributed by atoms with E-state index in [1.807, 2.05) is 11.3 Å². The van der Waals surface area contributed by atoms with Gasteiger partial charge in [-0.25, -0.2) is 4.98 Å². The summed E-state index contributed by atoms with van der Waals surface area (Å²) < 4.78 is 0. The fourth-order valence-electron chi connectivity index (χ4n) is 2.36. The zero-order valence-corrected chi connectivity index (χ0v) is 13.0. The number of hydrogen-bond donors (Lipinski definition) is 1. The fraction of sp³-hybridized carbons (Fsp3) is 0.438. The summed E-state index contributed by atoms with van der Waals surface area (Å²) >= 11 is 1.82. The van der Waals surface area contributed by atoms with Crippen molar-refractivity contribution in [3.8, 4) is 10.6 Å². The summed E-state index contributed by atoms with van der Waals surface area (Å²) in [4.78, 5) is 6.12. The summed E-state index contributed by atoms with van der Waals surface area (Å²) in [6.45, 7) is 9.64. The van der Waals surface area contributed by atoms with Gasteiger partial charge in [0.05, 0.1) is 5.69 Å². The topological polar surface area (TPSA) is 24.9 Å². The van der Waals surface area contributed by atoms with E-state index in [4.69, 9.17) is 4.98 Å². The molecule has 1 aromatic heterocycles. The Kier molecular flexibility index (Phi) is 4.72. The van der Waals surface area contributed by atoms with Gasteiger partial charge in [0.2, 0.25) is 0 Å². The average molecular weight is 274 g/mol. The summed E-state index contributed by atoms with van der Waals surface area (Å²) in [5, 5.41) is 4.61. The molecule has 0 aliphatic heterocycles. The van der Waals surface area contributed by atoms with Gasteiger partial charge in [0.1, 0.15) is 5.01 Å². The van der Waals surface area contributed by atoms with Gasteiger partial charge < -0.3 is 5.32 Å². The second kappa shape index (κ2) is 6.31. The molecule has 3 heteroatoms. The van der Waals surface area contributed by atoms with Crippen LogP contribution in [0.4, 0.5) is 0 Å². The molecule has 1 unspecified atom stereocenters. The molecule has 0 amide bonds. The molecule has 2 nitrogen and oxygen atoms in total. The van der Waals surface area contributed by atoms with Gasteiger partial charge in [0.25, 0.3) is 0 Å². The summed E-state index contributed by atoms with van der Waals surface area (Å²) in [5.41, 5.74) is 3.81. The Bertz CT molecular complexity index is 545. The number of aryl methyl sites for hydroxylation is 2. The van der Waals surface area contributed by atoms with E-state index in [-0.39, 0.29) is 0 Å². The zero-order chi connectivity index (χ0) is 13.8. The molecular weight excluding hydrogens is 252 g/mol. The highest BCUT2D eigenvalue weighted by Gasteiger charge is 2.15. The number of nitrogens with one attached hydrogen (secondary N) is 1. The highest BCUT2D eigenvalue weighted by Crippen LogP contribution is 2.33. The van der Waals surface area contributed by atoms with Crippen LogP contribution in [0.3, 0.4) is 0 Å². The van der Waals surface area contributed by atoms with Crippen molar-refractivity contribution >= 4 is 11.3 Å². The standard InChI is InChI=1S/C16H22N2S/c1-5-13-9-7-8-10-14(13)16-18-12(4)15(19-16)11(3)17-6-2/h7-11,17H,5-6H2,1-4H3. The highest BCUT2D eigenvalue weighted by atomic mass is 32.1. The normalized spacial score (nSPS) is 12.6. The predicted molar refractivity (Wildman–Crippen MR) is 83.8 cm³/mol. The Morgan fingerprint density at radius 2 is 2.00 bits per heavy atom. The van der Waals surface area contributed by atoms with E-state index in [0.717, 1.165) is 23.7 Å². The third-order valence-electron chi connectivity index (χ3n) is 3.36. The van der Waals surface area contributed by atoms with Crippen LogP contribution in [0.25, 0.3) is 10.6 Å². The zero-order valence-electron chi connectivity index (χ0n) is 12.2. The first-order valence-corrected chi connectivity index (χ1v) is 7.78. The molecule has 0 aliphatic rings. The first-order chi connectivity index (χ1) is 9.17. The third kappa shape index (κ3) is 3.04. The number of rotatable bonds is 5. The second-order valence-corrected chi connectivity index (χ2v) is 5.79. The molecule has 19 heavy (non-hydrogen) atoms. The molecule has 1 N–H and O–H groups in total. The van der Waals surface area contributed by atoms with Crippen molar-refractivity contribution in [3.05, 3.63) is 40.4 Å². The van der Waals surface area contributed by atoms with Gasteiger partial charge in [-0.15, -0.1) is 11.3 Å². The van der Waals surface area contributed by atoms with Gasteiger partial charge in [-0.2, -0.15) is 0 Å². The van der Waals surface area contributed by atoms with Crippen molar-refractivity contribution in [2.45, 2.75) is 40.2 Å². The number of aromatic nitrogens is 1. The van der Waals surface area contributed by atoms with E-state index in [9.17, 15) is 0 Å². The van der Waals surface area contributed by atoms with Gasteiger partial charge in [0, 0.05) is 16.5 Å². The molecule has 0 saturated heterocycles. The molecule has 1 aromatic carbocycles. The average Bonchev–Trinajstić information content (AvgIpc) is 2.81. The van der Waals surface area contributed by atoms with E-state index in [1.54, 1.807) is 0 Å². The van der Waals surface area contributed by atoms with Crippen molar-refractivity contribution in [1.29, 1.82) is 0 Å². The van der Waals surface area contributed by atoms with Gasteiger partial charge in [-0.05, 0) is 32.4 Å². The number of benzene rings is 1. The second-order valence-electron chi connectivity index (χ2n) is 4.76. The summed E-state index contributed by atoms with van der Waals surface area (Å²) in [6.07, 6.45) is 1.05. The van der Waals surface area contributed by atoms with E-state index < -0.39 is 0 Å². The Hall–Kier alpha value is -1.19. The van der Waals surface area contributed by atoms with Gasteiger partial charge >= 0.3 is 0 Å². The molecule has 0 fully saturated rings. The molecule has 0 radical (unpaired) electrons. The van der Waals surface area contributed by atoms with E-state index in [2.05, 4.69) is 57.3 Å². The Morgan fingerprint density at radius 3 is 2.68 bits per heavy atom.